The van der Waals surface area contributed by atoms with Gasteiger partial charge in [0.15, 0.2) is 0 Å². The molecule has 1 rings (SSSR count). The molecule has 0 bridgehead atoms. The van der Waals surface area contributed by atoms with Gasteiger partial charge in [-0.3, -0.25) is 14.6 Å². The maximum absolute atomic E-state index is 11.6. The third-order valence-electron chi connectivity index (χ3n) is 2.42. The molecule has 1 amide bonds. The van der Waals surface area contributed by atoms with Crippen molar-refractivity contribution in [1.82, 2.24) is 10.3 Å². The van der Waals surface area contributed by atoms with Gasteiger partial charge >= 0.3 is 5.97 Å². The Labute approximate surface area is 107 Å². The second kappa shape index (κ2) is 7.42. The maximum atomic E-state index is 11.6. The molecule has 18 heavy (non-hydrogen) atoms. The maximum Gasteiger partial charge on any atom is 0.306 e. The highest BCUT2D eigenvalue weighted by molar-refractivity contribution is 5.81. The van der Waals surface area contributed by atoms with Crippen molar-refractivity contribution in [3.8, 4) is 0 Å². The van der Waals surface area contributed by atoms with Crippen molar-refractivity contribution in [1.29, 1.82) is 0 Å². The largest absolute Gasteiger partial charge is 0.466 e. The lowest BCUT2D eigenvalue weighted by Gasteiger charge is -2.13. The number of hydrogen-bond donors (Lipinski definition) is 1. The van der Waals surface area contributed by atoms with Crippen molar-refractivity contribution in [2.24, 2.45) is 0 Å². The van der Waals surface area contributed by atoms with E-state index in [2.05, 4.69) is 10.3 Å². The Morgan fingerprint density at radius 2 is 2.22 bits per heavy atom. The fourth-order valence-electron chi connectivity index (χ4n) is 1.48. The van der Waals surface area contributed by atoms with Gasteiger partial charge in [-0.2, -0.15) is 0 Å². The van der Waals surface area contributed by atoms with Crippen LogP contribution in [0.25, 0.3) is 0 Å². The lowest BCUT2D eigenvalue weighted by Crippen LogP contribution is -2.27. The number of esters is 1. The van der Waals surface area contributed by atoms with Gasteiger partial charge in [-0.05, 0) is 25.5 Å². The van der Waals surface area contributed by atoms with Crippen LogP contribution < -0.4 is 5.32 Å². The van der Waals surface area contributed by atoms with Crippen LogP contribution in [0.3, 0.4) is 0 Å². The number of rotatable bonds is 6. The fourth-order valence-corrected chi connectivity index (χ4v) is 1.48. The normalized spacial score (nSPS) is 11.7. The molecule has 0 aliphatic rings. The molecular formula is C13H18N2O3. The molecule has 5 heteroatoms. The second-order valence-corrected chi connectivity index (χ2v) is 3.88. The van der Waals surface area contributed by atoms with Crippen LogP contribution in [0.1, 0.15) is 38.3 Å². The Bertz CT molecular complexity index is 392. The molecule has 0 saturated carbocycles. The van der Waals surface area contributed by atoms with Gasteiger partial charge in [-0.1, -0.05) is 6.07 Å². The van der Waals surface area contributed by atoms with Gasteiger partial charge in [0.05, 0.1) is 19.1 Å². The summed E-state index contributed by atoms with van der Waals surface area (Å²) in [5, 5.41) is 2.81. The van der Waals surface area contributed by atoms with E-state index in [4.69, 9.17) is 4.74 Å². The Kier molecular flexibility index (Phi) is 5.84. The first-order valence-corrected chi connectivity index (χ1v) is 5.98. The molecule has 0 aliphatic heterocycles. The van der Waals surface area contributed by atoms with E-state index in [-0.39, 0.29) is 30.8 Å². The highest BCUT2D eigenvalue weighted by atomic mass is 16.5. The Balaban J connectivity index is 2.34. The number of aromatic nitrogens is 1. The number of pyridine rings is 1. The van der Waals surface area contributed by atoms with E-state index in [1.165, 1.54) is 0 Å². The molecule has 0 spiro atoms. The van der Waals surface area contributed by atoms with Crippen molar-refractivity contribution in [2.45, 2.75) is 32.7 Å². The molecule has 0 aliphatic carbocycles. The van der Waals surface area contributed by atoms with E-state index < -0.39 is 0 Å². The number of carbonyl (C=O) groups is 2. The van der Waals surface area contributed by atoms with Crippen LogP contribution in [0.15, 0.2) is 24.5 Å². The molecule has 0 aromatic carbocycles. The van der Waals surface area contributed by atoms with E-state index in [0.29, 0.717) is 6.61 Å². The first-order chi connectivity index (χ1) is 8.63. The van der Waals surface area contributed by atoms with Gasteiger partial charge in [-0.15, -0.1) is 0 Å². The van der Waals surface area contributed by atoms with Gasteiger partial charge in [0.25, 0.3) is 0 Å². The van der Waals surface area contributed by atoms with Crippen LogP contribution in [0.4, 0.5) is 0 Å². The van der Waals surface area contributed by atoms with Gasteiger partial charge < -0.3 is 10.1 Å². The van der Waals surface area contributed by atoms with E-state index in [9.17, 15) is 9.59 Å². The molecular weight excluding hydrogens is 232 g/mol. The fraction of sp³-hybridized carbons (Fsp3) is 0.462. The average Bonchev–Trinajstić information content (AvgIpc) is 2.38. The summed E-state index contributed by atoms with van der Waals surface area (Å²) in [4.78, 5) is 26.7. The number of ether oxygens (including phenoxy) is 1. The smallest absolute Gasteiger partial charge is 0.306 e. The molecule has 1 aromatic rings. The summed E-state index contributed by atoms with van der Waals surface area (Å²) in [7, 11) is 0. The summed E-state index contributed by atoms with van der Waals surface area (Å²) >= 11 is 0. The minimum atomic E-state index is -0.346. The zero-order chi connectivity index (χ0) is 13.4. The summed E-state index contributed by atoms with van der Waals surface area (Å²) in [6.45, 7) is 3.95. The highest BCUT2D eigenvalue weighted by Gasteiger charge is 2.11. The standard InChI is InChI=1S/C13H18N2O3/c1-3-18-13(17)7-6-12(16)15-10(2)11-5-4-8-14-9-11/h4-5,8-10H,3,6-7H2,1-2H3,(H,15,16)/t10-/m1/s1. The Morgan fingerprint density at radius 3 is 2.83 bits per heavy atom. The van der Waals surface area contributed by atoms with Crippen molar-refractivity contribution in [2.75, 3.05) is 6.61 Å². The molecule has 0 fully saturated rings. The molecule has 1 N–H and O–H groups in total. The predicted octanol–water partition coefficient (Wildman–Crippen LogP) is 1.60. The molecule has 0 radical (unpaired) electrons. The molecule has 1 heterocycles. The molecule has 1 aromatic heterocycles. The minimum Gasteiger partial charge on any atom is -0.466 e. The molecule has 98 valence electrons. The third kappa shape index (κ3) is 4.95. The number of carbonyl (C=O) groups excluding carboxylic acids is 2. The molecule has 0 saturated heterocycles. The SMILES string of the molecule is CCOC(=O)CCC(=O)N[C@H](C)c1cccnc1. The van der Waals surface area contributed by atoms with Crippen LogP contribution in [0, 0.1) is 0 Å². The van der Waals surface area contributed by atoms with Crippen LogP contribution in [0.5, 0.6) is 0 Å². The summed E-state index contributed by atoms with van der Waals surface area (Å²) in [5.41, 5.74) is 0.932. The third-order valence-corrected chi connectivity index (χ3v) is 2.42. The van der Waals surface area contributed by atoms with E-state index in [1.807, 2.05) is 19.1 Å². The van der Waals surface area contributed by atoms with Crippen LogP contribution in [-0.2, 0) is 14.3 Å². The lowest BCUT2D eigenvalue weighted by atomic mass is 10.1. The van der Waals surface area contributed by atoms with E-state index in [0.717, 1.165) is 5.56 Å². The predicted molar refractivity (Wildman–Crippen MR) is 66.7 cm³/mol. The highest BCUT2D eigenvalue weighted by Crippen LogP contribution is 2.10. The van der Waals surface area contributed by atoms with Gasteiger partial charge in [-0.25, -0.2) is 0 Å². The van der Waals surface area contributed by atoms with Crippen molar-refractivity contribution < 1.29 is 14.3 Å². The Morgan fingerprint density at radius 1 is 1.44 bits per heavy atom. The monoisotopic (exact) mass is 250 g/mol. The second-order valence-electron chi connectivity index (χ2n) is 3.88. The number of nitrogens with one attached hydrogen (secondary N) is 1. The number of hydrogen-bond acceptors (Lipinski definition) is 4. The van der Waals surface area contributed by atoms with E-state index >= 15 is 0 Å². The zero-order valence-corrected chi connectivity index (χ0v) is 10.7. The summed E-state index contributed by atoms with van der Waals surface area (Å²) in [6, 6.07) is 3.59. The number of nitrogens with zero attached hydrogens (tertiary/aromatic N) is 1. The van der Waals surface area contributed by atoms with Crippen LogP contribution >= 0.6 is 0 Å². The first-order valence-electron chi connectivity index (χ1n) is 5.98. The van der Waals surface area contributed by atoms with Crippen LogP contribution in [0.2, 0.25) is 0 Å². The average molecular weight is 250 g/mol. The van der Waals surface area contributed by atoms with Gasteiger partial charge in [0.1, 0.15) is 0 Å². The van der Waals surface area contributed by atoms with Crippen molar-refractivity contribution >= 4 is 11.9 Å². The van der Waals surface area contributed by atoms with Gasteiger partial charge in [0.2, 0.25) is 5.91 Å². The quantitative estimate of drug-likeness (QED) is 0.779. The lowest BCUT2D eigenvalue weighted by molar-refractivity contribution is -0.144. The molecule has 1 atom stereocenters. The summed E-state index contributed by atoms with van der Waals surface area (Å²) in [6.07, 6.45) is 3.64. The number of amides is 1. The van der Waals surface area contributed by atoms with Crippen molar-refractivity contribution in [3.05, 3.63) is 30.1 Å². The van der Waals surface area contributed by atoms with E-state index in [1.54, 1.807) is 19.3 Å². The minimum absolute atomic E-state index is 0.111. The summed E-state index contributed by atoms with van der Waals surface area (Å²) < 4.78 is 4.75. The van der Waals surface area contributed by atoms with Gasteiger partial charge in [0, 0.05) is 18.8 Å². The first kappa shape index (κ1) is 14.2. The zero-order valence-electron chi connectivity index (χ0n) is 10.7. The molecule has 0 unspecified atom stereocenters. The molecule has 5 nitrogen and oxygen atoms in total. The summed E-state index contributed by atoms with van der Waals surface area (Å²) in [5.74, 6) is -0.513. The topological polar surface area (TPSA) is 68.3 Å². The van der Waals surface area contributed by atoms with Crippen molar-refractivity contribution in [3.63, 3.8) is 0 Å². The van der Waals surface area contributed by atoms with Crippen LogP contribution in [-0.4, -0.2) is 23.5 Å². The Hall–Kier alpha value is -1.91.